The molecular weight excluding hydrogens is 224 g/mol. The number of nitrogens with zero attached hydrogens (tertiary/aromatic N) is 1. The summed E-state index contributed by atoms with van der Waals surface area (Å²) in [7, 11) is 0. The van der Waals surface area contributed by atoms with E-state index in [0.29, 0.717) is 6.04 Å². The van der Waals surface area contributed by atoms with Crippen molar-refractivity contribution in [1.82, 2.24) is 10.2 Å². The van der Waals surface area contributed by atoms with Gasteiger partial charge in [-0.2, -0.15) is 0 Å². The predicted molar refractivity (Wildman–Crippen MR) is 77.9 cm³/mol. The van der Waals surface area contributed by atoms with Crippen LogP contribution in [-0.2, 0) is 0 Å². The second kappa shape index (κ2) is 8.13. The normalized spacial score (nSPS) is 24.0. The molecule has 1 aliphatic heterocycles. The van der Waals surface area contributed by atoms with Crippen LogP contribution >= 0.6 is 0 Å². The second-order valence-corrected chi connectivity index (χ2v) is 6.11. The lowest BCUT2D eigenvalue weighted by Crippen LogP contribution is -2.51. The Bertz CT molecular complexity index is 215. The Morgan fingerprint density at radius 3 is 2.22 bits per heavy atom. The Kier molecular flexibility index (Phi) is 7.20. The molecule has 18 heavy (non-hydrogen) atoms. The molecule has 0 aliphatic carbocycles. The molecule has 1 aliphatic rings. The fourth-order valence-electron chi connectivity index (χ4n) is 3.11. The highest BCUT2D eigenvalue weighted by molar-refractivity contribution is 4.87. The van der Waals surface area contributed by atoms with Gasteiger partial charge in [-0.3, -0.25) is 0 Å². The summed E-state index contributed by atoms with van der Waals surface area (Å²) in [5.41, 5.74) is -0.128. The second-order valence-electron chi connectivity index (χ2n) is 6.11. The maximum absolute atomic E-state index is 9.58. The van der Waals surface area contributed by atoms with Crippen molar-refractivity contribution < 1.29 is 5.11 Å². The average Bonchev–Trinajstić information content (AvgIpc) is 2.28. The third kappa shape index (κ3) is 5.25. The zero-order valence-electron chi connectivity index (χ0n) is 12.5. The summed E-state index contributed by atoms with van der Waals surface area (Å²) >= 11 is 0. The van der Waals surface area contributed by atoms with Crippen molar-refractivity contribution in [3.8, 4) is 0 Å². The maximum atomic E-state index is 9.58. The highest BCUT2D eigenvalue weighted by Gasteiger charge is 2.27. The van der Waals surface area contributed by atoms with Crippen LogP contribution in [0.2, 0.25) is 0 Å². The monoisotopic (exact) mass is 256 g/mol. The van der Waals surface area contributed by atoms with Crippen LogP contribution in [0.3, 0.4) is 0 Å². The van der Waals surface area contributed by atoms with Gasteiger partial charge in [-0.25, -0.2) is 0 Å². The van der Waals surface area contributed by atoms with E-state index in [-0.39, 0.29) is 12.1 Å². The minimum Gasteiger partial charge on any atom is -0.394 e. The number of rotatable bonds is 6. The van der Waals surface area contributed by atoms with Crippen LogP contribution in [0.15, 0.2) is 0 Å². The molecule has 108 valence electrons. The van der Waals surface area contributed by atoms with Crippen LogP contribution in [0, 0.1) is 0 Å². The van der Waals surface area contributed by atoms with E-state index in [1.54, 1.807) is 0 Å². The van der Waals surface area contributed by atoms with Gasteiger partial charge >= 0.3 is 0 Å². The van der Waals surface area contributed by atoms with Crippen LogP contribution in [0.4, 0.5) is 0 Å². The molecule has 3 heteroatoms. The summed E-state index contributed by atoms with van der Waals surface area (Å²) in [6, 6.07) is 0.555. The first-order valence-electron chi connectivity index (χ1n) is 7.71. The van der Waals surface area contributed by atoms with Gasteiger partial charge in [-0.05, 0) is 52.7 Å². The fraction of sp³-hybridized carbons (Fsp3) is 1.00. The predicted octanol–water partition coefficient (Wildman–Crippen LogP) is 2.39. The topological polar surface area (TPSA) is 35.5 Å². The summed E-state index contributed by atoms with van der Waals surface area (Å²) in [4.78, 5) is 2.62. The lowest BCUT2D eigenvalue weighted by Gasteiger charge is -2.37. The van der Waals surface area contributed by atoms with E-state index in [1.807, 2.05) is 0 Å². The van der Waals surface area contributed by atoms with Gasteiger partial charge in [0.05, 0.1) is 6.61 Å². The molecule has 2 atom stereocenters. The molecule has 0 aromatic rings. The van der Waals surface area contributed by atoms with E-state index < -0.39 is 0 Å². The summed E-state index contributed by atoms with van der Waals surface area (Å²) < 4.78 is 0. The van der Waals surface area contributed by atoms with Gasteiger partial charge in [0.25, 0.3) is 0 Å². The summed E-state index contributed by atoms with van der Waals surface area (Å²) in [5, 5.41) is 13.0. The van der Waals surface area contributed by atoms with Crippen LogP contribution in [-0.4, -0.2) is 47.8 Å². The van der Waals surface area contributed by atoms with E-state index in [1.165, 1.54) is 45.2 Å². The first kappa shape index (κ1) is 15.9. The standard InChI is InChI=1S/C15H32N2O/c1-4-16-15(3,13-18)12-14(2)17-10-8-6-5-7-9-11-17/h14,16,18H,4-13H2,1-3H3. The Labute approximate surface area is 113 Å². The SMILES string of the molecule is CCNC(C)(CO)CC(C)N1CCCCCCC1. The van der Waals surface area contributed by atoms with E-state index in [0.717, 1.165) is 13.0 Å². The summed E-state index contributed by atoms with van der Waals surface area (Å²) in [6.45, 7) is 10.2. The van der Waals surface area contributed by atoms with Gasteiger partial charge in [0.15, 0.2) is 0 Å². The number of nitrogens with one attached hydrogen (secondary N) is 1. The lowest BCUT2D eigenvalue weighted by atomic mass is 9.93. The molecule has 3 nitrogen and oxygen atoms in total. The van der Waals surface area contributed by atoms with Crippen molar-refractivity contribution in [2.45, 2.75) is 70.9 Å². The Balaban J connectivity index is 2.47. The van der Waals surface area contributed by atoms with Crippen molar-refractivity contribution in [2.24, 2.45) is 0 Å². The highest BCUT2D eigenvalue weighted by atomic mass is 16.3. The van der Waals surface area contributed by atoms with E-state index >= 15 is 0 Å². The van der Waals surface area contributed by atoms with Crippen molar-refractivity contribution in [1.29, 1.82) is 0 Å². The number of aliphatic hydroxyl groups excluding tert-OH is 1. The minimum atomic E-state index is -0.128. The molecule has 0 aromatic carbocycles. The Morgan fingerprint density at radius 1 is 1.17 bits per heavy atom. The van der Waals surface area contributed by atoms with E-state index in [9.17, 15) is 5.11 Å². The van der Waals surface area contributed by atoms with Crippen LogP contribution in [0.1, 0.15) is 59.3 Å². The zero-order chi connectivity index (χ0) is 13.4. The van der Waals surface area contributed by atoms with Gasteiger partial charge in [-0.15, -0.1) is 0 Å². The lowest BCUT2D eigenvalue weighted by molar-refractivity contribution is 0.110. The third-order valence-corrected chi connectivity index (χ3v) is 4.21. The van der Waals surface area contributed by atoms with Crippen molar-refractivity contribution in [2.75, 3.05) is 26.2 Å². The summed E-state index contributed by atoms with van der Waals surface area (Å²) in [6.07, 6.45) is 7.87. The Hall–Kier alpha value is -0.120. The van der Waals surface area contributed by atoms with Crippen LogP contribution in [0.25, 0.3) is 0 Å². The average molecular weight is 256 g/mol. The zero-order valence-corrected chi connectivity index (χ0v) is 12.5. The molecule has 0 amide bonds. The molecule has 1 fully saturated rings. The molecule has 2 unspecified atom stereocenters. The third-order valence-electron chi connectivity index (χ3n) is 4.21. The molecule has 0 saturated carbocycles. The molecule has 1 heterocycles. The van der Waals surface area contributed by atoms with Gasteiger partial charge in [-0.1, -0.05) is 26.2 Å². The van der Waals surface area contributed by atoms with Gasteiger partial charge in [0.2, 0.25) is 0 Å². The first-order chi connectivity index (χ1) is 8.61. The van der Waals surface area contributed by atoms with E-state index in [2.05, 4.69) is 31.0 Å². The van der Waals surface area contributed by atoms with Crippen LogP contribution < -0.4 is 5.32 Å². The summed E-state index contributed by atoms with van der Waals surface area (Å²) in [5.74, 6) is 0. The number of hydrogen-bond acceptors (Lipinski definition) is 3. The minimum absolute atomic E-state index is 0.128. The number of hydrogen-bond donors (Lipinski definition) is 2. The molecule has 0 bridgehead atoms. The smallest absolute Gasteiger partial charge is 0.0611 e. The molecule has 0 radical (unpaired) electrons. The number of aliphatic hydroxyl groups is 1. The Morgan fingerprint density at radius 2 is 1.72 bits per heavy atom. The van der Waals surface area contributed by atoms with E-state index in [4.69, 9.17) is 0 Å². The molecule has 2 N–H and O–H groups in total. The van der Waals surface area contributed by atoms with Gasteiger partial charge < -0.3 is 15.3 Å². The highest BCUT2D eigenvalue weighted by Crippen LogP contribution is 2.19. The van der Waals surface area contributed by atoms with Crippen molar-refractivity contribution in [3.63, 3.8) is 0 Å². The molecule has 0 aromatic heterocycles. The molecule has 1 rings (SSSR count). The number of likely N-dealkylation sites (tertiary alicyclic amines) is 1. The van der Waals surface area contributed by atoms with Gasteiger partial charge in [0, 0.05) is 11.6 Å². The quantitative estimate of drug-likeness (QED) is 0.766. The fourth-order valence-corrected chi connectivity index (χ4v) is 3.11. The molecule has 0 spiro atoms. The molecule has 1 saturated heterocycles. The van der Waals surface area contributed by atoms with Gasteiger partial charge in [0.1, 0.15) is 0 Å². The first-order valence-corrected chi connectivity index (χ1v) is 7.71. The maximum Gasteiger partial charge on any atom is 0.0611 e. The van der Waals surface area contributed by atoms with Crippen molar-refractivity contribution >= 4 is 0 Å². The number of likely N-dealkylation sites (N-methyl/N-ethyl adjacent to an activating group) is 1. The van der Waals surface area contributed by atoms with Crippen LogP contribution in [0.5, 0.6) is 0 Å². The molecular formula is C15H32N2O. The largest absolute Gasteiger partial charge is 0.394 e. The van der Waals surface area contributed by atoms with Crippen molar-refractivity contribution in [3.05, 3.63) is 0 Å².